The van der Waals surface area contributed by atoms with Crippen LogP contribution in [0.4, 0.5) is 0 Å². The van der Waals surface area contributed by atoms with Crippen molar-refractivity contribution in [2.45, 2.75) is 0 Å². The van der Waals surface area contributed by atoms with Gasteiger partial charge in [0.2, 0.25) is 0 Å². The number of benzene rings is 4. The molecule has 2 nitrogen and oxygen atoms in total. The molecule has 0 aromatic heterocycles. The minimum atomic E-state index is -3.03. The van der Waals surface area contributed by atoms with Crippen molar-refractivity contribution in [3.8, 4) is 16.9 Å². The molecule has 0 atom stereocenters. The lowest BCUT2D eigenvalue weighted by Gasteiger charge is -2.23. The van der Waals surface area contributed by atoms with E-state index in [0.717, 1.165) is 32.8 Å². The Bertz CT molecular complexity index is 1060. The summed E-state index contributed by atoms with van der Waals surface area (Å²) in [6, 6.07) is 35.4. The number of hydrogen-bond acceptors (Lipinski definition) is 2. The molecule has 28 heavy (non-hydrogen) atoms. The SMILES string of the molecule is COc1ccc(-c2ccccc2P(=O)(c2ccccc2)c2ccccc2)cc1. The lowest BCUT2D eigenvalue weighted by molar-refractivity contribution is 0.415. The number of ether oxygens (including phenoxy) is 1. The summed E-state index contributed by atoms with van der Waals surface area (Å²) in [7, 11) is -1.37. The zero-order valence-electron chi connectivity index (χ0n) is 15.7. The van der Waals surface area contributed by atoms with Gasteiger partial charge >= 0.3 is 0 Å². The van der Waals surface area contributed by atoms with Crippen LogP contribution >= 0.6 is 7.14 Å². The van der Waals surface area contributed by atoms with E-state index in [1.807, 2.05) is 109 Å². The molecule has 0 spiro atoms. The Morgan fingerprint density at radius 3 is 1.64 bits per heavy atom. The Morgan fingerprint density at radius 1 is 0.607 bits per heavy atom. The highest BCUT2D eigenvalue weighted by Crippen LogP contribution is 2.45. The molecular weight excluding hydrogens is 363 g/mol. The van der Waals surface area contributed by atoms with Gasteiger partial charge in [-0.1, -0.05) is 97.1 Å². The van der Waals surface area contributed by atoms with Gasteiger partial charge in [0.05, 0.1) is 7.11 Å². The predicted octanol–water partition coefficient (Wildman–Crippen LogP) is 5.00. The minimum absolute atomic E-state index is 0.801. The highest BCUT2D eigenvalue weighted by atomic mass is 31.2. The molecule has 0 N–H and O–H groups in total. The van der Waals surface area contributed by atoms with Gasteiger partial charge in [-0.3, -0.25) is 0 Å². The number of hydrogen-bond donors (Lipinski definition) is 0. The summed E-state index contributed by atoms with van der Waals surface area (Å²) in [6.07, 6.45) is 0. The zero-order chi connectivity index (χ0) is 19.4. The lowest BCUT2D eigenvalue weighted by Crippen LogP contribution is -2.26. The third-order valence-electron chi connectivity index (χ3n) is 4.88. The van der Waals surface area contributed by atoms with E-state index in [1.54, 1.807) is 7.11 Å². The van der Waals surface area contributed by atoms with Crippen LogP contribution in [0.15, 0.2) is 109 Å². The maximum Gasteiger partial charge on any atom is 0.171 e. The van der Waals surface area contributed by atoms with E-state index < -0.39 is 7.14 Å². The first-order valence-corrected chi connectivity index (χ1v) is 10.9. The number of methoxy groups -OCH3 is 1. The maximum atomic E-state index is 14.7. The van der Waals surface area contributed by atoms with Gasteiger partial charge in [-0.15, -0.1) is 0 Å². The lowest BCUT2D eigenvalue weighted by atomic mass is 10.1. The Kier molecular flexibility index (Phi) is 5.14. The van der Waals surface area contributed by atoms with Gasteiger partial charge in [-0.05, 0) is 23.3 Å². The van der Waals surface area contributed by atoms with Gasteiger partial charge in [0, 0.05) is 15.9 Å². The zero-order valence-corrected chi connectivity index (χ0v) is 16.6. The minimum Gasteiger partial charge on any atom is -0.497 e. The second kappa shape index (κ2) is 7.88. The molecule has 0 aliphatic heterocycles. The van der Waals surface area contributed by atoms with E-state index in [9.17, 15) is 4.57 Å². The van der Waals surface area contributed by atoms with Crippen LogP contribution in [0.3, 0.4) is 0 Å². The standard InChI is InChI=1S/C25H21O2P/c1-27-21-18-16-20(17-19-21)24-14-8-9-15-25(24)28(26,22-10-4-2-5-11-22)23-12-6-3-7-13-23/h2-19H,1H3. The molecule has 0 saturated heterocycles. The normalized spacial score (nSPS) is 11.2. The highest BCUT2D eigenvalue weighted by Gasteiger charge is 2.31. The summed E-state index contributed by atoms with van der Waals surface area (Å²) >= 11 is 0. The molecule has 4 aromatic rings. The van der Waals surface area contributed by atoms with Crippen LogP contribution in [-0.2, 0) is 4.57 Å². The fourth-order valence-corrected chi connectivity index (χ4v) is 6.34. The van der Waals surface area contributed by atoms with Gasteiger partial charge in [0.15, 0.2) is 7.14 Å². The highest BCUT2D eigenvalue weighted by molar-refractivity contribution is 7.85. The Morgan fingerprint density at radius 2 is 1.11 bits per heavy atom. The van der Waals surface area contributed by atoms with Crippen molar-refractivity contribution >= 4 is 23.1 Å². The van der Waals surface area contributed by atoms with Crippen LogP contribution in [0.25, 0.3) is 11.1 Å². The molecule has 0 heterocycles. The molecule has 0 amide bonds. The van der Waals surface area contributed by atoms with Crippen LogP contribution in [0, 0.1) is 0 Å². The van der Waals surface area contributed by atoms with Crippen molar-refractivity contribution < 1.29 is 9.30 Å². The molecule has 0 saturated carbocycles. The quantitative estimate of drug-likeness (QED) is 0.453. The summed E-state index contributed by atoms with van der Waals surface area (Å²) in [6.45, 7) is 0. The monoisotopic (exact) mass is 384 g/mol. The van der Waals surface area contributed by atoms with Gasteiger partial charge < -0.3 is 9.30 Å². The second-order valence-corrected chi connectivity index (χ2v) is 9.26. The van der Waals surface area contributed by atoms with Crippen LogP contribution in [0.2, 0.25) is 0 Å². The molecule has 0 unspecified atom stereocenters. The average molecular weight is 384 g/mol. The first-order valence-electron chi connectivity index (χ1n) is 9.19. The molecule has 0 bridgehead atoms. The summed E-state index contributed by atoms with van der Waals surface area (Å²) in [5.74, 6) is 0.801. The maximum absolute atomic E-state index is 14.7. The van der Waals surface area contributed by atoms with E-state index in [2.05, 4.69) is 0 Å². The van der Waals surface area contributed by atoms with Crippen molar-refractivity contribution in [3.63, 3.8) is 0 Å². The average Bonchev–Trinajstić information content (AvgIpc) is 2.80. The van der Waals surface area contributed by atoms with Crippen LogP contribution in [0.5, 0.6) is 5.75 Å². The molecule has 0 aliphatic carbocycles. The Balaban J connectivity index is 1.97. The molecule has 0 aliphatic rings. The van der Waals surface area contributed by atoms with E-state index in [-0.39, 0.29) is 0 Å². The van der Waals surface area contributed by atoms with Gasteiger partial charge in [0.1, 0.15) is 5.75 Å². The molecule has 4 aromatic carbocycles. The van der Waals surface area contributed by atoms with Crippen molar-refractivity contribution in [2.75, 3.05) is 7.11 Å². The van der Waals surface area contributed by atoms with Gasteiger partial charge in [0.25, 0.3) is 0 Å². The molecule has 0 fully saturated rings. The Hall–Kier alpha value is -3.09. The third kappa shape index (κ3) is 3.28. The van der Waals surface area contributed by atoms with Crippen molar-refractivity contribution in [1.82, 2.24) is 0 Å². The van der Waals surface area contributed by atoms with Crippen LogP contribution in [0.1, 0.15) is 0 Å². The van der Waals surface area contributed by atoms with E-state index in [4.69, 9.17) is 4.74 Å². The van der Waals surface area contributed by atoms with Crippen molar-refractivity contribution in [3.05, 3.63) is 109 Å². The fraction of sp³-hybridized carbons (Fsp3) is 0.0400. The Labute approximate surface area is 165 Å². The van der Waals surface area contributed by atoms with E-state index in [0.29, 0.717) is 0 Å². The first-order chi connectivity index (χ1) is 13.7. The van der Waals surface area contributed by atoms with Crippen LogP contribution < -0.4 is 20.7 Å². The second-order valence-electron chi connectivity index (χ2n) is 6.53. The largest absolute Gasteiger partial charge is 0.497 e. The fourth-order valence-electron chi connectivity index (χ4n) is 3.47. The summed E-state index contributed by atoms with van der Waals surface area (Å²) in [5, 5.41) is 2.52. The smallest absolute Gasteiger partial charge is 0.171 e. The summed E-state index contributed by atoms with van der Waals surface area (Å²) in [5.41, 5.74) is 1.99. The van der Waals surface area contributed by atoms with Gasteiger partial charge in [-0.25, -0.2) is 0 Å². The molecule has 4 rings (SSSR count). The molecule has 0 radical (unpaired) electrons. The van der Waals surface area contributed by atoms with Crippen molar-refractivity contribution in [2.24, 2.45) is 0 Å². The molecular formula is C25H21O2P. The predicted molar refractivity (Wildman–Crippen MR) is 118 cm³/mol. The molecule has 3 heteroatoms. The van der Waals surface area contributed by atoms with Crippen molar-refractivity contribution in [1.29, 1.82) is 0 Å². The number of rotatable bonds is 5. The summed E-state index contributed by atoms with van der Waals surface area (Å²) < 4.78 is 20.0. The van der Waals surface area contributed by atoms with E-state index >= 15 is 0 Å². The first kappa shape index (κ1) is 18.3. The topological polar surface area (TPSA) is 26.3 Å². The van der Waals surface area contributed by atoms with Crippen LogP contribution in [-0.4, -0.2) is 7.11 Å². The van der Waals surface area contributed by atoms with E-state index in [1.165, 1.54) is 0 Å². The molecule has 138 valence electrons. The van der Waals surface area contributed by atoms with Gasteiger partial charge in [-0.2, -0.15) is 0 Å². The summed E-state index contributed by atoms with van der Waals surface area (Å²) in [4.78, 5) is 0. The third-order valence-corrected chi connectivity index (χ3v) is 8.00.